The number of halogens is 2. The minimum Gasteiger partial charge on any atom is -0.456 e. The minimum absolute atomic E-state index is 0.299. The lowest BCUT2D eigenvalue weighted by atomic mass is 10.2. The molecule has 2 aromatic carbocycles. The van der Waals surface area contributed by atoms with Crippen molar-refractivity contribution in [3.05, 3.63) is 57.8 Å². The Labute approximate surface area is 133 Å². The van der Waals surface area contributed by atoms with Gasteiger partial charge in [0.05, 0.1) is 4.47 Å². The van der Waals surface area contributed by atoms with Crippen molar-refractivity contribution in [2.75, 3.05) is 6.54 Å². The van der Waals surface area contributed by atoms with Crippen molar-refractivity contribution in [2.24, 2.45) is 0 Å². The lowest BCUT2D eigenvalue weighted by molar-refractivity contribution is 0.469. The van der Waals surface area contributed by atoms with Crippen LogP contribution in [0, 0.1) is 12.7 Å². The van der Waals surface area contributed by atoms with Crippen molar-refractivity contribution in [2.45, 2.75) is 26.8 Å². The first-order valence-corrected chi connectivity index (χ1v) is 7.82. The molecule has 0 fully saturated rings. The molecule has 2 aromatic rings. The molecule has 0 aliphatic rings. The quantitative estimate of drug-likeness (QED) is 0.723. The highest BCUT2D eigenvalue weighted by molar-refractivity contribution is 9.10. The molecule has 0 heterocycles. The SMILES string of the molecule is CCCNCc1ccc(Oc2cc(F)ccc2C)c(Br)c1. The molecule has 112 valence electrons. The first-order chi connectivity index (χ1) is 10.1. The Kier molecular flexibility index (Phi) is 5.76. The molecular formula is C17H19BrFNO. The summed E-state index contributed by atoms with van der Waals surface area (Å²) < 4.78 is 19.9. The second-order valence-corrected chi connectivity index (χ2v) is 5.81. The van der Waals surface area contributed by atoms with Crippen molar-refractivity contribution < 1.29 is 9.13 Å². The average molecular weight is 352 g/mol. The Morgan fingerprint density at radius 2 is 1.95 bits per heavy atom. The summed E-state index contributed by atoms with van der Waals surface area (Å²) in [5.41, 5.74) is 2.08. The molecule has 0 saturated heterocycles. The third-order valence-corrected chi connectivity index (χ3v) is 3.74. The molecule has 2 rings (SSSR count). The van der Waals surface area contributed by atoms with Gasteiger partial charge >= 0.3 is 0 Å². The Morgan fingerprint density at radius 1 is 1.14 bits per heavy atom. The van der Waals surface area contributed by atoms with Crippen LogP contribution in [0.25, 0.3) is 0 Å². The lowest BCUT2D eigenvalue weighted by Gasteiger charge is -2.12. The fourth-order valence-corrected chi connectivity index (χ4v) is 2.46. The van der Waals surface area contributed by atoms with E-state index in [-0.39, 0.29) is 5.82 Å². The van der Waals surface area contributed by atoms with Crippen molar-refractivity contribution in [1.29, 1.82) is 0 Å². The number of hydrogen-bond acceptors (Lipinski definition) is 2. The summed E-state index contributed by atoms with van der Waals surface area (Å²) in [5, 5.41) is 3.35. The predicted octanol–water partition coefficient (Wildman–Crippen LogP) is 5.19. The molecular weight excluding hydrogens is 333 g/mol. The zero-order valence-electron chi connectivity index (χ0n) is 12.2. The van der Waals surface area contributed by atoms with Gasteiger partial charge in [-0.25, -0.2) is 4.39 Å². The van der Waals surface area contributed by atoms with E-state index in [0.29, 0.717) is 11.5 Å². The Morgan fingerprint density at radius 3 is 2.67 bits per heavy atom. The molecule has 0 unspecified atom stereocenters. The van der Waals surface area contributed by atoms with Crippen LogP contribution in [0.2, 0.25) is 0 Å². The highest BCUT2D eigenvalue weighted by atomic mass is 79.9. The summed E-state index contributed by atoms with van der Waals surface area (Å²) in [4.78, 5) is 0. The van der Waals surface area contributed by atoms with Crippen LogP contribution in [-0.4, -0.2) is 6.54 Å². The van der Waals surface area contributed by atoms with Gasteiger partial charge in [-0.15, -0.1) is 0 Å². The molecule has 0 amide bonds. The van der Waals surface area contributed by atoms with Crippen LogP contribution >= 0.6 is 15.9 Å². The maximum atomic E-state index is 13.3. The Balaban J connectivity index is 2.12. The highest BCUT2D eigenvalue weighted by Crippen LogP contribution is 2.32. The van der Waals surface area contributed by atoms with E-state index in [4.69, 9.17) is 4.74 Å². The fraction of sp³-hybridized carbons (Fsp3) is 0.294. The summed E-state index contributed by atoms with van der Waals surface area (Å²) in [7, 11) is 0. The first kappa shape index (κ1) is 16.0. The molecule has 0 aliphatic carbocycles. The van der Waals surface area contributed by atoms with E-state index < -0.39 is 0 Å². The lowest BCUT2D eigenvalue weighted by Crippen LogP contribution is -2.13. The van der Waals surface area contributed by atoms with E-state index in [1.165, 1.54) is 17.7 Å². The molecule has 0 spiro atoms. The van der Waals surface area contributed by atoms with Crippen molar-refractivity contribution in [3.8, 4) is 11.5 Å². The van der Waals surface area contributed by atoms with E-state index in [1.807, 2.05) is 25.1 Å². The molecule has 2 nitrogen and oxygen atoms in total. The van der Waals surface area contributed by atoms with Crippen LogP contribution in [-0.2, 0) is 6.54 Å². The molecule has 0 radical (unpaired) electrons. The van der Waals surface area contributed by atoms with Crippen LogP contribution in [0.1, 0.15) is 24.5 Å². The third kappa shape index (κ3) is 4.55. The van der Waals surface area contributed by atoms with E-state index in [2.05, 4.69) is 28.2 Å². The van der Waals surface area contributed by atoms with E-state index >= 15 is 0 Å². The van der Waals surface area contributed by atoms with E-state index in [1.54, 1.807) is 6.07 Å². The summed E-state index contributed by atoms with van der Waals surface area (Å²) in [6, 6.07) is 10.5. The van der Waals surface area contributed by atoms with Gasteiger partial charge in [0.25, 0.3) is 0 Å². The molecule has 0 aromatic heterocycles. The van der Waals surface area contributed by atoms with Gasteiger partial charge in [-0.3, -0.25) is 0 Å². The van der Waals surface area contributed by atoms with Gasteiger partial charge in [-0.1, -0.05) is 19.1 Å². The Hall–Kier alpha value is -1.39. The number of ether oxygens (including phenoxy) is 1. The number of rotatable bonds is 6. The average Bonchev–Trinajstić information content (AvgIpc) is 2.46. The van der Waals surface area contributed by atoms with Crippen LogP contribution in [0.3, 0.4) is 0 Å². The molecule has 1 N–H and O–H groups in total. The first-order valence-electron chi connectivity index (χ1n) is 7.03. The van der Waals surface area contributed by atoms with Crippen molar-refractivity contribution >= 4 is 15.9 Å². The van der Waals surface area contributed by atoms with Gasteiger partial charge in [0.1, 0.15) is 17.3 Å². The summed E-state index contributed by atoms with van der Waals surface area (Å²) in [6.07, 6.45) is 1.11. The van der Waals surface area contributed by atoms with Gasteiger partial charge in [-0.2, -0.15) is 0 Å². The number of benzene rings is 2. The smallest absolute Gasteiger partial charge is 0.141 e. The van der Waals surface area contributed by atoms with Crippen LogP contribution in [0.5, 0.6) is 11.5 Å². The molecule has 0 saturated carbocycles. The standard InChI is InChI=1S/C17H19BrFNO/c1-3-8-20-11-13-5-7-16(15(18)9-13)21-17-10-14(19)6-4-12(17)2/h4-7,9-10,20H,3,8,11H2,1-2H3. The van der Waals surface area contributed by atoms with Gasteiger partial charge in [0, 0.05) is 12.6 Å². The third-order valence-electron chi connectivity index (χ3n) is 3.12. The number of nitrogens with one attached hydrogen (secondary N) is 1. The maximum absolute atomic E-state index is 13.3. The molecule has 21 heavy (non-hydrogen) atoms. The zero-order chi connectivity index (χ0) is 15.2. The van der Waals surface area contributed by atoms with Gasteiger partial charge in [0.2, 0.25) is 0 Å². The second-order valence-electron chi connectivity index (χ2n) is 4.95. The largest absolute Gasteiger partial charge is 0.456 e. The topological polar surface area (TPSA) is 21.3 Å². The minimum atomic E-state index is -0.299. The molecule has 4 heteroatoms. The molecule has 0 bridgehead atoms. The van der Waals surface area contributed by atoms with Crippen LogP contribution < -0.4 is 10.1 Å². The number of hydrogen-bond donors (Lipinski definition) is 1. The molecule has 0 atom stereocenters. The van der Waals surface area contributed by atoms with Crippen molar-refractivity contribution in [3.63, 3.8) is 0 Å². The van der Waals surface area contributed by atoms with Crippen LogP contribution in [0.4, 0.5) is 4.39 Å². The Bertz CT molecular complexity index is 616. The second kappa shape index (κ2) is 7.57. The van der Waals surface area contributed by atoms with Gasteiger partial charge in [0.15, 0.2) is 0 Å². The maximum Gasteiger partial charge on any atom is 0.141 e. The summed E-state index contributed by atoms with van der Waals surface area (Å²) in [5.74, 6) is 0.919. The highest BCUT2D eigenvalue weighted by Gasteiger charge is 2.07. The zero-order valence-corrected chi connectivity index (χ0v) is 13.8. The predicted molar refractivity (Wildman–Crippen MR) is 87.4 cm³/mol. The normalized spacial score (nSPS) is 10.7. The van der Waals surface area contributed by atoms with Crippen molar-refractivity contribution in [1.82, 2.24) is 5.32 Å². The van der Waals surface area contributed by atoms with Crippen LogP contribution in [0.15, 0.2) is 40.9 Å². The van der Waals surface area contributed by atoms with Gasteiger partial charge in [-0.05, 0) is 65.1 Å². The summed E-state index contributed by atoms with van der Waals surface area (Å²) in [6.45, 7) is 5.86. The number of aryl methyl sites for hydroxylation is 1. The molecule has 0 aliphatic heterocycles. The van der Waals surface area contributed by atoms with E-state index in [0.717, 1.165) is 29.5 Å². The van der Waals surface area contributed by atoms with E-state index in [9.17, 15) is 4.39 Å². The fourth-order valence-electron chi connectivity index (χ4n) is 1.95. The summed E-state index contributed by atoms with van der Waals surface area (Å²) >= 11 is 3.51. The van der Waals surface area contributed by atoms with Gasteiger partial charge < -0.3 is 10.1 Å². The monoisotopic (exact) mass is 351 g/mol.